The van der Waals surface area contributed by atoms with Crippen molar-refractivity contribution in [3.8, 4) is 0 Å². The summed E-state index contributed by atoms with van der Waals surface area (Å²) >= 11 is 10.8. The van der Waals surface area contributed by atoms with Crippen molar-refractivity contribution in [2.24, 2.45) is 5.73 Å². The van der Waals surface area contributed by atoms with Gasteiger partial charge >= 0.3 is 0 Å². The van der Waals surface area contributed by atoms with Crippen LogP contribution in [0.25, 0.3) is 0 Å². The number of sulfonamides is 1. The minimum Gasteiger partial charge on any atom is -0.389 e. The standard InChI is InChI=1S/C11H16ClN3O2S2/c1-2-15-19(16,17)6-5-14-8-3-4-9(11(13)18)10(12)7-8/h3-4,7,14-15H,2,5-6H2,1H3,(H2,13,18). The van der Waals surface area contributed by atoms with Gasteiger partial charge in [0.05, 0.1) is 10.8 Å². The Bertz CT molecular complexity index is 561. The third-order valence-corrected chi connectivity index (χ3v) is 4.30. The first-order valence-corrected chi connectivity index (χ1v) is 8.10. The smallest absolute Gasteiger partial charge is 0.213 e. The van der Waals surface area contributed by atoms with Gasteiger partial charge in [0.25, 0.3) is 0 Å². The molecule has 0 aliphatic rings. The molecule has 0 heterocycles. The fraction of sp³-hybridized carbons (Fsp3) is 0.364. The predicted octanol–water partition coefficient (Wildman–Crippen LogP) is 1.33. The number of hydrogen-bond acceptors (Lipinski definition) is 4. The van der Waals surface area contributed by atoms with Gasteiger partial charge in [0.15, 0.2) is 0 Å². The van der Waals surface area contributed by atoms with Crippen LogP contribution in [0.3, 0.4) is 0 Å². The molecule has 0 saturated heterocycles. The Hall–Kier alpha value is -0.890. The summed E-state index contributed by atoms with van der Waals surface area (Å²) in [6, 6.07) is 5.11. The second kappa shape index (κ2) is 7.04. The van der Waals surface area contributed by atoms with E-state index in [2.05, 4.69) is 10.0 Å². The number of nitrogens with two attached hydrogens (primary N) is 1. The van der Waals surface area contributed by atoms with Crippen LogP contribution in [-0.2, 0) is 10.0 Å². The van der Waals surface area contributed by atoms with Crippen LogP contribution < -0.4 is 15.8 Å². The topological polar surface area (TPSA) is 84.2 Å². The van der Waals surface area contributed by atoms with Gasteiger partial charge in [-0.25, -0.2) is 13.1 Å². The van der Waals surface area contributed by atoms with Crippen LogP contribution in [0.2, 0.25) is 5.02 Å². The number of halogens is 1. The van der Waals surface area contributed by atoms with Crippen LogP contribution in [0.15, 0.2) is 18.2 Å². The third kappa shape index (κ3) is 5.32. The van der Waals surface area contributed by atoms with Gasteiger partial charge in [-0.3, -0.25) is 0 Å². The summed E-state index contributed by atoms with van der Waals surface area (Å²) in [6.45, 7) is 2.41. The van der Waals surface area contributed by atoms with E-state index < -0.39 is 10.0 Å². The summed E-state index contributed by atoms with van der Waals surface area (Å²) in [5.41, 5.74) is 6.81. The molecule has 1 rings (SSSR count). The molecule has 5 nitrogen and oxygen atoms in total. The number of nitrogens with one attached hydrogen (secondary N) is 2. The molecule has 8 heteroatoms. The van der Waals surface area contributed by atoms with Gasteiger partial charge in [0.2, 0.25) is 10.0 Å². The monoisotopic (exact) mass is 321 g/mol. The molecule has 1 aromatic carbocycles. The molecule has 0 aliphatic carbocycles. The first-order chi connectivity index (χ1) is 8.85. The summed E-state index contributed by atoms with van der Waals surface area (Å²) in [7, 11) is -3.22. The molecule has 19 heavy (non-hydrogen) atoms. The molecular formula is C11H16ClN3O2S2. The molecule has 1 aromatic rings. The van der Waals surface area contributed by atoms with E-state index >= 15 is 0 Å². The molecule has 0 bridgehead atoms. The zero-order chi connectivity index (χ0) is 14.5. The molecule has 0 saturated carbocycles. The number of thiocarbonyl (C=S) groups is 1. The molecule has 0 amide bonds. The van der Waals surface area contributed by atoms with Crippen LogP contribution in [0.4, 0.5) is 5.69 Å². The highest BCUT2D eigenvalue weighted by Crippen LogP contribution is 2.20. The minimum absolute atomic E-state index is 0.00445. The van der Waals surface area contributed by atoms with E-state index in [0.29, 0.717) is 17.1 Å². The summed E-state index contributed by atoms with van der Waals surface area (Å²) in [4.78, 5) is 0.228. The maximum Gasteiger partial charge on any atom is 0.213 e. The van der Waals surface area contributed by atoms with Crippen LogP contribution in [0, 0.1) is 0 Å². The number of rotatable bonds is 7. The van der Waals surface area contributed by atoms with Crippen molar-refractivity contribution < 1.29 is 8.42 Å². The average Bonchev–Trinajstić information content (AvgIpc) is 2.28. The number of hydrogen-bond donors (Lipinski definition) is 3. The molecule has 0 fully saturated rings. The Morgan fingerprint density at radius 1 is 1.47 bits per heavy atom. The van der Waals surface area contributed by atoms with Crippen molar-refractivity contribution in [1.82, 2.24) is 4.72 Å². The predicted molar refractivity (Wildman–Crippen MR) is 83.3 cm³/mol. The van der Waals surface area contributed by atoms with Gasteiger partial charge in [-0.1, -0.05) is 30.7 Å². The molecule has 0 unspecified atom stereocenters. The molecule has 0 radical (unpaired) electrons. The molecule has 0 spiro atoms. The molecule has 0 aliphatic heterocycles. The number of benzene rings is 1. The Morgan fingerprint density at radius 2 is 2.16 bits per heavy atom. The summed E-state index contributed by atoms with van der Waals surface area (Å²) in [5.74, 6) is -0.00445. The van der Waals surface area contributed by atoms with Crippen LogP contribution in [0.1, 0.15) is 12.5 Å². The van der Waals surface area contributed by atoms with Gasteiger partial charge in [-0.05, 0) is 18.2 Å². The Kier molecular flexibility index (Phi) is 5.99. The zero-order valence-corrected chi connectivity index (χ0v) is 12.8. The van der Waals surface area contributed by atoms with E-state index in [9.17, 15) is 8.42 Å². The fourth-order valence-electron chi connectivity index (χ4n) is 1.45. The molecule has 4 N–H and O–H groups in total. The summed E-state index contributed by atoms with van der Waals surface area (Å²) < 4.78 is 25.3. The zero-order valence-electron chi connectivity index (χ0n) is 10.4. The minimum atomic E-state index is -3.22. The summed E-state index contributed by atoms with van der Waals surface area (Å²) in [6.07, 6.45) is 0. The first-order valence-electron chi connectivity index (χ1n) is 5.66. The quantitative estimate of drug-likeness (QED) is 0.660. The average molecular weight is 322 g/mol. The Labute approximate surface area is 123 Å². The normalized spacial score (nSPS) is 11.3. The highest BCUT2D eigenvalue weighted by atomic mass is 35.5. The van der Waals surface area contributed by atoms with Gasteiger partial charge in [-0.15, -0.1) is 0 Å². The van der Waals surface area contributed by atoms with E-state index in [4.69, 9.17) is 29.6 Å². The lowest BCUT2D eigenvalue weighted by Gasteiger charge is -2.09. The van der Waals surface area contributed by atoms with Gasteiger partial charge < -0.3 is 11.1 Å². The van der Waals surface area contributed by atoms with Crippen LogP contribution >= 0.6 is 23.8 Å². The maximum absolute atomic E-state index is 11.4. The van der Waals surface area contributed by atoms with E-state index in [1.54, 1.807) is 25.1 Å². The second-order valence-electron chi connectivity index (χ2n) is 3.80. The van der Waals surface area contributed by atoms with Crippen molar-refractivity contribution in [3.63, 3.8) is 0 Å². The third-order valence-electron chi connectivity index (χ3n) is 2.30. The van der Waals surface area contributed by atoms with Crippen LogP contribution in [0.5, 0.6) is 0 Å². The van der Waals surface area contributed by atoms with Crippen LogP contribution in [-0.4, -0.2) is 32.2 Å². The van der Waals surface area contributed by atoms with Gasteiger partial charge in [-0.2, -0.15) is 0 Å². The summed E-state index contributed by atoms with van der Waals surface area (Å²) in [5, 5.41) is 3.42. The van der Waals surface area contributed by atoms with Crippen molar-refractivity contribution in [3.05, 3.63) is 28.8 Å². The highest BCUT2D eigenvalue weighted by molar-refractivity contribution is 7.89. The molecule has 106 valence electrons. The van der Waals surface area contributed by atoms with E-state index in [-0.39, 0.29) is 17.3 Å². The lowest BCUT2D eigenvalue weighted by atomic mass is 10.2. The number of anilines is 1. The van der Waals surface area contributed by atoms with E-state index in [0.717, 1.165) is 5.69 Å². The van der Waals surface area contributed by atoms with Crippen molar-refractivity contribution in [1.29, 1.82) is 0 Å². The fourth-order valence-corrected chi connectivity index (χ4v) is 2.92. The molecule has 0 atom stereocenters. The lowest BCUT2D eigenvalue weighted by Crippen LogP contribution is -2.29. The molecule has 0 aromatic heterocycles. The van der Waals surface area contributed by atoms with Crippen molar-refractivity contribution in [2.45, 2.75) is 6.92 Å². The van der Waals surface area contributed by atoms with E-state index in [1.165, 1.54) is 0 Å². The van der Waals surface area contributed by atoms with E-state index in [1.807, 2.05) is 0 Å². The maximum atomic E-state index is 11.4. The highest BCUT2D eigenvalue weighted by Gasteiger charge is 2.08. The van der Waals surface area contributed by atoms with Crippen molar-refractivity contribution in [2.75, 3.05) is 24.2 Å². The van der Waals surface area contributed by atoms with Gasteiger partial charge in [0.1, 0.15) is 4.99 Å². The SMILES string of the molecule is CCNS(=O)(=O)CCNc1ccc(C(N)=S)c(Cl)c1. The second-order valence-corrected chi connectivity index (χ2v) is 6.58. The first kappa shape index (κ1) is 16.2. The molecular weight excluding hydrogens is 306 g/mol. The van der Waals surface area contributed by atoms with Crippen molar-refractivity contribution >= 4 is 44.5 Å². The largest absolute Gasteiger partial charge is 0.389 e. The Morgan fingerprint density at radius 3 is 2.68 bits per heavy atom. The van der Waals surface area contributed by atoms with Gasteiger partial charge in [0, 0.05) is 24.3 Å². The lowest BCUT2D eigenvalue weighted by molar-refractivity contribution is 0.584. The Balaban J connectivity index is 2.60.